The number of ether oxygens (including phenoxy) is 1. The molecule has 2 aromatic carbocycles. The van der Waals surface area contributed by atoms with Gasteiger partial charge in [0.1, 0.15) is 11.8 Å². The Morgan fingerprint density at radius 2 is 1.88 bits per heavy atom. The number of likely N-dealkylation sites (N-methyl/N-ethyl adjacent to an activating group) is 1. The second-order valence-electron chi connectivity index (χ2n) is 5.38. The molecule has 0 heterocycles. The maximum Gasteiger partial charge on any atom is 0.322 e. The second-order valence-corrected chi connectivity index (χ2v) is 7.82. The molecule has 1 N–H and O–H groups in total. The number of aliphatic carboxylic acids is 1. The first-order valence-electron chi connectivity index (χ1n) is 7.35. The summed E-state index contributed by atoms with van der Waals surface area (Å²) in [5.74, 6) is -0.660. The number of hydrogen-bond donors (Lipinski definition) is 1. The van der Waals surface area contributed by atoms with Gasteiger partial charge in [-0.15, -0.1) is 0 Å². The summed E-state index contributed by atoms with van der Waals surface area (Å²) in [5, 5.41) is 9.92. The molecule has 134 valence electrons. The molecule has 2 aromatic rings. The van der Waals surface area contributed by atoms with Crippen LogP contribution in [0.1, 0.15) is 5.56 Å². The normalized spacial score (nSPS) is 12.8. The molecule has 0 spiro atoms. The van der Waals surface area contributed by atoms with Crippen LogP contribution in [0.3, 0.4) is 0 Å². The van der Waals surface area contributed by atoms with Crippen molar-refractivity contribution in [2.75, 3.05) is 14.2 Å². The van der Waals surface area contributed by atoms with E-state index >= 15 is 0 Å². The summed E-state index contributed by atoms with van der Waals surface area (Å²) in [6.07, 6.45) is 0.00977. The summed E-state index contributed by atoms with van der Waals surface area (Å²) in [5.41, 5.74) is 0.657. The lowest BCUT2D eigenvalue weighted by atomic mass is 10.1. The maximum absolute atomic E-state index is 12.7. The maximum atomic E-state index is 12.7. The van der Waals surface area contributed by atoms with Crippen molar-refractivity contribution in [2.45, 2.75) is 17.4 Å². The number of carboxylic acid groups (broad SMARTS) is 1. The Labute approximate surface area is 151 Å². The van der Waals surface area contributed by atoms with Crippen molar-refractivity contribution < 1.29 is 23.1 Å². The number of carboxylic acids is 1. The number of carbonyl (C=O) groups is 1. The number of rotatable bonds is 7. The molecule has 2 rings (SSSR count). The van der Waals surface area contributed by atoms with Gasteiger partial charge in [0.2, 0.25) is 10.0 Å². The molecular weight excluding hydrogens is 366 g/mol. The molecule has 25 heavy (non-hydrogen) atoms. The van der Waals surface area contributed by atoms with E-state index in [0.717, 1.165) is 4.31 Å². The lowest BCUT2D eigenvalue weighted by Gasteiger charge is -2.24. The monoisotopic (exact) mass is 383 g/mol. The molecule has 0 saturated carbocycles. The smallest absolute Gasteiger partial charge is 0.322 e. The van der Waals surface area contributed by atoms with Gasteiger partial charge in [0.05, 0.1) is 12.0 Å². The van der Waals surface area contributed by atoms with Crippen molar-refractivity contribution in [2.24, 2.45) is 0 Å². The van der Waals surface area contributed by atoms with Crippen LogP contribution < -0.4 is 4.74 Å². The minimum atomic E-state index is -3.97. The number of nitrogens with zero attached hydrogens (tertiary/aromatic N) is 1. The topological polar surface area (TPSA) is 83.9 Å². The van der Waals surface area contributed by atoms with Gasteiger partial charge in [-0.2, -0.15) is 4.31 Å². The second kappa shape index (κ2) is 7.86. The van der Waals surface area contributed by atoms with Crippen LogP contribution in [0.15, 0.2) is 53.4 Å². The first-order valence-corrected chi connectivity index (χ1v) is 9.17. The van der Waals surface area contributed by atoms with E-state index in [1.54, 1.807) is 24.3 Å². The van der Waals surface area contributed by atoms with Gasteiger partial charge in [-0.05, 0) is 48.4 Å². The molecule has 0 unspecified atom stereocenters. The summed E-state index contributed by atoms with van der Waals surface area (Å²) >= 11 is 5.78. The highest BCUT2D eigenvalue weighted by atomic mass is 35.5. The molecule has 0 bridgehead atoms. The van der Waals surface area contributed by atoms with Gasteiger partial charge in [-0.1, -0.05) is 23.7 Å². The Morgan fingerprint density at radius 1 is 1.24 bits per heavy atom. The fraction of sp³-hybridized carbons (Fsp3) is 0.235. The zero-order valence-corrected chi connectivity index (χ0v) is 15.3. The fourth-order valence-electron chi connectivity index (χ4n) is 2.33. The summed E-state index contributed by atoms with van der Waals surface area (Å²) in [6, 6.07) is 11.2. The average molecular weight is 384 g/mol. The SMILES string of the molecule is COc1cccc(C[C@@H](C(=O)O)N(C)S(=O)(=O)c2ccc(Cl)cc2)c1. The van der Waals surface area contributed by atoms with Crippen molar-refractivity contribution in [1.29, 1.82) is 0 Å². The third kappa shape index (κ3) is 4.50. The summed E-state index contributed by atoms with van der Waals surface area (Å²) in [7, 11) is -1.22. The summed E-state index contributed by atoms with van der Waals surface area (Å²) in [4.78, 5) is 11.7. The lowest BCUT2D eigenvalue weighted by molar-refractivity contribution is -0.141. The van der Waals surface area contributed by atoms with Gasteiger partial charge in [0.15, 0.2) is 0 Å². The summed E-state index contributed by atoms with van der Waals surface area (Å²) < 4.78 is 31.4. The molecule has 0 aromatic heterocycles. The van der Waals surface area contributed by atoms with Crippen LogP contribution in [0.4, 0.5) is 0 Å². The van der Waals surface area contributed by atoms with E-state index in [-0.39, 0.29) is 11.3 Å². The van der Waals surface area contributed by atoms with E-state index in [4.69, 9.17) is 16.3 Å². The predicted octanol–water partition coefficient (Wildman–Crippen LogP) is 2.67. The van der Waals surface area contributed by atoms with Crippen LogP contribution in [-0.4, -0.2) is 44.0 Å². The van der Waals surface area contributed by atoms with Gasteiger partial charge in [-0.25, -0.2) is 8.42 Å². The zero-order chi connectivity index (χ0) is 18.6. The van der Waals surface area contributed by atoms with Gasteiger partial charge in [0, 0.05) is 12.1 Å². The zero-order valence-electron chi connectivity index (χ0n) is 13.7. The number of halogens is 1. The standard InChI is InChI=1S/C17H18ClNO5S/c1-19(25(22,23)15-8-6-13(18)7-9-15)16(17(20)21)11-12-4-3-5-14(10-12)24-2/h3-10,16H,11H2,1-2H3,(H,20,21)/t16-/m0/s1. The molecule has 6 nitrogen and oxygen atoms in total. The number of sulfonamides is 1. The molecule has 0 aliphatic rings. The van der Waals surface area contributed by atoms with E-state index in [1.807, 2.05) is 0 Å². The average Bonchev–Trinajstić information content (AvgIpc) is 2.59. The minimum Gasteiger partial charge on any atom is -0.497 e. The van der Waals surface area contributed by atoms with Crippen molar-refractivity contribution in [3.63, 3.8) is 0 Å². The third-order valence-electron chi connectivity index (χ3n) is 3.78. The molecule has 8 heteroatoms. The van der Waals surface area contributed by atoms with Crippen LogP contribution in [-0.2, 0) is 21.2 Å². The van der Waals surface area contributed by atoms with Crippen LogP contribution in [0, 0.1) is 0 Å². The Kier molecular flexibility index (Phi) is 6.05. The van der Waals surface area contributed by atoms with Crippen LogP contribution >= 0.6 is 11.6 Å². The van der Waals surface area contributed by atoms with Crippen LogP contribution in [0.5, 0.6) is 5.75 Å². The predicted molar refractivity (Wildman–Crippen MR) is 94.5 cm³/mol. The molecule has 0 aliphatic carbocycles. The number of methoxy groups -OCH3 is 1. The van der Waals surface area contributed by atoms with Crippen LogP contribution in [0.25, 0.3) is 0 Å². The first-order chi connectivity index (χ1) is 11.8. The van der Waals surface area contributed by atoms with Crippen molar-refractivity contribution in [3.05, 3.63) is 59.1 Å². The van der Waals surface area contributed by atoms with Crippen molar-refractivity contribution >= 4 is 27.6 Å². The largest absolute Gasteiger partial charge is 0.497 e. The molecule has 0 saturated heterocycles. The van der Waals surface area contributed by atoms with Crippen molar-refractivity contribution in [1.82, 2.24) is 4.31 Å². The Morgan fingerprint density at radius 3 is 2.44 bits per heavy atom. The highest BCUT2D eigenvalue weighted by molar-refractivity contribution is 7.89. The molecule has 0 radical (unpaired) electrons. The van der Waals surface area contributed by atoms with E-state index in [2.05, 4.69) is 0 Å². The van der Waals surface area contributed by atoms with Crippen molar-refractivity contribution in [3.8, 4) is 5.75 Å². The molecule has 0 fully saturated rings. The fourth-order valence-corrected chi connectivity index (χ4v) is 3.77. The minimum absolute atomic E-state index is 0.00977. The van der Waals surface area contributed by atoms with Gasteiger partial charge < -0.3 is 9.84 Å². The van der Waals surface area contributed by atoms with E-state index in [0.29, 0.717) is 16.3 Å². The molecule has 1 atom stereocenters. The Hall–Kier alpha value is -2.09. The lowest BCUT2D eigenvalue weighted by Crippen LogP contribution is -2.43. The van der Waals surface area contributed by atoms with E-state index in [1.165, 1.54) is 38.4 Å². The van der Waals surface area contributed by atoms with E-state index < -0.39 is 22.0 Å². The molecule has 0 aliphatic heterocycles. The third-order valence-corrected chi connectivity index (χ3v) is 5.91. The van der Waals surface area contributed by atoms with E-state index in [9.17, 15) is 18.3 Å². The highest BCUT2D eigenvalue weighted by Crippen LogP contribution is 2.22. The first kappa shape index (κ1) is 19.2. The Bertz CT molecular complexity index is 852. The molecule has 0 amide bonds. The Balaban J connectivity index is 2.32. The highest BCUT2D eigenvalue weighted by Gasteiger charge is 2.33. The van der Waals surface area contributed by atoms with Gasteiger partial charge >= 0.3 is 5.97 Å². The van der Waals surface area contributed by atoms with Gasteiger partial charge in [0.25, 0.3) is 0 Å². The number of benzene rings is 2. The number of hydrogen-bond acceptors (Lipinski definition) is 4. The summed E-state index contributed by atoms with van der Waals surface area (Å²) in [6.45, 7) is 0. The van der Waals surface area contributed by atoms with Gasteiger partial charge in [-0.3, -0.25) is 4.79 Å². The quantitative estimate of drug-likeness (QED) is 0.794. The molecular formula is C17H18ClNO5S. The van der Waals surface area contributed by atoms with Crippen LogP contribution in [0.2, 0.25) is 5.02 Å².